The van der Waals surface area contributed by atoms with Gasteiger partial charge in [-0.3, -0.25) is 4.79 Å². The topological polar surface area (TPSA) is 55.8 Å². The normalized spacial score (nSPS) is 15.4. The number of fused-ring (bicyclic) bond motifs is 1. The van der Waals surface area contributed by atoms with Gasteiger partial charge in [0.2, 0.25) is 0 Å². The van der Waals surface area contributed by atoms with Crippen molar-refractivity contribution in [1.29, 1.82) is 0 Å². The molecule has 154 valence electrons. The molecule has 0 saturated heterocycles. The molecule has 0 fully saturated rings. The van der Waals surface area contributed by atoms with Gasteiger partial charge in [0.05, 0.1) is 12.0 Å². The molecule has 0 aliphatic carbocycles. The first-order chi connectivity index (χ1) is 14.5. The minimum absolute atomic E-state index is 0.178. The maximum absolute atomic E-state index is 13.2. The molecule has 1 aromatic heterocycles. The van der Waals surface area contributed by atoms with Crippen molar-refractivity contribution in [2.24, 2.45) is 0 Å². The van der Waals surface area contributed by atoms with Crippen LogP contribution < -0.4 is 4.74 Å². The Morgan fingerprint density at radius 3 is 2.60 bits per heavy atom. The zero-order valence-electron chi connectivity index (χ0n) is 16.3. The average molecular weight is 442 g/mol. The molecule has 1 aliphatic rings. The van der Waals surface area contributed by atoms with Crippen molar-refractivity contribution in [1.82, 2.24) is 4.90 Å². The summed E-state index contributed by atoms with van der Waals surface area (Å²) in [6, 6.07) is 16.2. The Bertz CT molecular complexity index is 1060. The highest BCUT2D eigenvalue weighted by molar-refractivity contribution is 7.12. The predicted molar refractivity (Wildman–Crippen MR) is 116 cm³/mol. The molecule has 1 atom stereocenters. The standard InChI is InChI=1S/C23H20ClNO4S/c1-28-23(27)20-11-16-4-2-3-5-17(16)12-25(20)22(26)21-10-15(14-30-21)13-29-19-8-6-18(24)7-9-19/h2-10,14,20H,11-13H2,1H3. The van der Waals surface area contributed by atoms with Crippen molar-refractivity contribution in [3.05, 3.63) is 86.6 Å². The second-order valence-corrected chi connectivity index (χ2v) is 8.35. The molecule has 3 aromatic rings. The smallest absolute Gasteiger partial charge is 0.328 e. The van der Waals surface area contributed by atoms with E-state index in [1.807, 2.05) is 35.7 Å². The first kappa shape index (κ1) is 20.4. The van der Waals surface area contributed by atoms with E-state index in [0.29, 0.717) is 35.2 Å². The molecule has 0 N–H and O–H groups in total. The van der Waals surface area contributed by atoms with Gasteiger partial charge in [0.15, 0.2) is 0 Å². The van der Waals surface area contributed by atoms with E-state index in [4.69, 9.17) is 21.1 Å². The number of ether oxygens (including phenoxy) is 2. The van der Waals surface area contributed by atoms with Crippen LogP contribution in [0.4, 0.5) is 0 Å². The second-order valence-electron chi connectivity index (χ2n) is 7.01. The number of methoxy groups -OCH3 is 1. The molecule has 0 saturated carbocycles. The Morgan fingerprint density at radius 2 is 1.87 bits per heavy atom. The lowest BCUT2D eigenvalue weighted by molar-refractivity contribution is -0.146. The lowest BCUT2D eigenvalue weighted by atomic mass is 9.93. The van der Waals surface area contributed by atoms with Crippen LogP contribution in [-0.2, 0) is 29.1 Å². The number of hydrogen-bond acceptors (Lipinski definition) is 5. The van der Waals surface area contributed by atoms with E-state index >= 15 is 0 Å². The summed E-state index contributed by atoms with van der Waals surface area (Å²) in [5.41, 5.74) is 3.01. The van der Waals surface area contributed by atoms with E-state index in [-0.39, 0.29) is 5.91 Å². The number of nitrogens with zero attached hydrogens (tertiary/aromatic N) is 1. The molecule has 7 heteroatoms. The largest absolute Gasteiger partial charge is 0.489 e. The Hall–Kier alpha value is -2.83. The molecule has 4 rings (SSSR count). The number of benzene rings is 2. The van der Waals surface area contributed by atoms with Crippen molar-refractivity contribution >= 4 is 34.8 Å². The van der Waals surface area contributed by atoms with Crippen LogP contribution in [-0.4, -0.2) is 29.9 Å². The van der Waals surface area contributed by atoms with Gasteiger partial charge in [-0.05, 0) is 46.8 Å². The molecule has 2 heterocycles. The van der Waals surface area contributed by atoms with Crippen LogP contribution in [0.15, 0.2) is 60.0 Å². The van der Waals surface area contributed by atoms with Crippen LogP contribution in [0.5, 0.6) is 5.75 Å². The first-order valence-electron chi connectivity index (χ1n) is 9.46. The molecule has 1 aliphatic heterocycles. The van der Waals surface area contributed by atoms with Crippen LogP contribution in [0.25, 0.3) is 0 Å². The SMILES string of the molecule is COC(=O)C1Cc2ccccc2CN1C(=O)c1cc(COc2ccc(Cl)cc2)cs1. The zero-order chi connectivity index (χ0) is 21.1. The number of rotatable bonds is 5. The van der Waals surface area contributed by atoms with Crippen LogP contribution in [0, 0.1) is 0 Å². The van der Waals surface area contributed by atoms with Crippen LogP contribution in [0.3, 0.4) is 0 Å². The fourth-order valence-corrected chi connectivity index (χ4v) is 4.46. The molecular formula is C23H20ClNO4S. The summed E-state index contributed by atoms with van der Waals surface area (Å²) in [6.07, 6.45) is 0.451. The van der Waals surface area contributed by atoms with Gasteiger partial charge in [0.1, 0.15) is 18.4 Å². The van der Waals surface area contributed by atoms with E-state index in [1.165, 1.54) is 18.4 Å². The number of hydrogen-bond donors (Lipinski definition) is 0. The van der Waals surface area contributed by atoms with Crippen molar-refractivity contribution in [2.45, 2.75) is 25.6 Å². The first-order valence-corrected chi connectivity index (χ1v) is 10.7. The Morgan fingerprint density at radius 1 is 1.13 bits per heavy atom. The maximum atomic E-state index is 13.2. The van der Waals surface area contributed by atoms with Crippen molar-refractivity contribution in [3.63, 3.8) is 0 Å². The fourth-order valence-electron chi connectivity index (χ4n) is 3.49. The molecule has 1 unspecified atom stereocenters. The van der Waals surface area contributed by atoms with Gasteiger partial charge in [0.25, 0.3) is 5.91 Å². The highest BCUT2D eigenvalue weighted by Crippen LogP contribution is 2.28. The number of amides is 1. The second kappa shape index (κ2) is 8.90. The summed E-state index contributed by atoms with van der Waals surface area (Å²) in [5.74, 6) is 0.125. The lowest BCUT2D eigenvalue weighted by Gasteiger charge is -2.34. The van der Waals surface area contributed by atoms with Crippen molar-refractivity contribution in [3.8, 4) is 5.75 Å². The summed E-state index contributed by atoms with van der Waals surface area (Å²) in [4.78, 5) is 27.8. The highest BCUT2D eigenvalue weighted by Gasteiger charge is 2.36. The third-order valence-corrected chi connectivity index (χ3v) is 6.29. The third-order valence-electron chi connectivity index (χ3n) is 5.07. The monoisotopic (exact) mass is 441 g/mol. The Labute approximate surface area is 183 Å². The maximum Gasteiger partial charge on any atom is 0.328 e. The van der Waals surface area contributed by atoms with Crippen LogP contribution in [0.1, 0.15) is 26.4 Å². The van der Waals surface area contributed by atoms with Gasteiger partial charge in [-0.1, -0.05) is 35.9 Å². The molecular weight excluding hydrogens is 422 g/mol. The van der Waals surface area contributed by atoms with Gasteiger partial charge in [0, 0.05) is 23.6 Å². The molecule has 5 nitrogen and oxygen atoms in total. The number of carbonyl (C=O) groups is 2. The number of carbonyl (C=O) groups excluding carboxylic acids is 2. The molecule has 0 spiro atoms. The average Bonchev–Trinajstić information content (AvgIpc) is 3.26. The third kappa shape index (κ3) is 4.35. The lowest BCUT2D eigenvalue weighted by Crippen LogP contribution is -2.49. The molecule has 0 bridgehead atoms. The summed E-state index contributed by atoms with van der Waals surface area (Å²) in [6.45, 7) is 0.720. The van der Waals surface area contributed by atoms with Gasteiger partial charge < -0.3 is 14.4 Å². The van der Waals surface area contributed by atoms with E-state index in [2.05, 4.69) is 0 Å². The van der Waals surface area contributed by atoms with Crippen molar-refractivity contribution in [2.75, 3.05) is 7.11 Å². The van der Waals surface area contributed by atoms with Crippen molar-refractivity contribution < 1.29 is 19.1 Å². The van der Waals surface area contributed by atoms with Gasteiger partial charge >= 0.3 is 5.97 Å². The number of esters is 1. The molecule has 30 heavy (non-hydrogen) atoms. The fraction of sp³-hybridized carbons (Fsp3) is 0.217. The van der Waals surface area contributed by atoms with Crippen LogP contribution in [0.2, 0.25) is 5.02 Å². The van der Waals surface area contributed by atoms with Crippen LogP contribution >= 0.6 is 22.9 Å². The molecule has 2 aromatic carbocycles. The summed E-state index contributed by atoms with van der Waals surface area (Å²) < 4.78 is 10.7. The Kier molecular flexibility index (Phi) is 6.06. The summed E-state index contributed by atoms with van der Waals surface area (Å²) >= 11 is 7.24. The molecule has 0 radical (unpaired) electrons. The number of thiophene rings is 1. The van der Waals surface area contributed by atoms with Gasteiger partial charge in [-0.15, -0.1) is 11.3 Å². The quantitative estimate of drug-likeness (QED) is 0.537. The predicted octanol–water partition coefficient (Wildman–Crippen LogP) is 4.72. The Balaban J connectivity index is 1.50. The minimum atomic E-state index is -0.631. The minimum Gasteiger partial charge on any atom is -0.489 e. The van der Waals surface area contributed by atoms with Gasteiger partial charge in [-0.25, -0.2) is 4.79 Å². The van der Waals surface area contributed by atoms with E-state index < -0.39 is 12.0 Å². The highest BCUT2D eigenvalue weighted by atomic mass is 35.5. The van der Waals surface area contributed by atoms with Gasteiger partial charge in [-0.2, -0.15) is 0 Å². The zero-order valence-corrected chi connectivity index (χ0v) is 17.9. The van der Waals surface area contributed by atoms with E-state index in [9.17, 15) is 9.59 Å². The van der Waals surface area contributed by atoms with E-state index in [1.54, 1.807) is 29.2 Å². The van der Waals surface area contributed by atoms with E-state index in [0.717, 1.165) is 16.7 Å². The summed E-state index contributed by atoms with van der Waals surface area (Å²) in [7, 11) is 1.35. The number of halogens is 1. The summed E-state index contributed by atoms with van der Waals surface area (Å²) in [5, 5.41) is 2.54. The molecule has 1 amide bonds.